The van der Waals surface area contributed by atoms with Crippen molar-refractivity contribution in [3.63, 3.8) is 0 Å². The Balaban J connectivity index is 1.50. The molecule has 12 heteroatoms. The number of Topliss-reactive ketones (excluding diaryl/α,β-unsaturated/α-hetero) is 1. The SMILES string of the molecule is CC(C)[C@H](O)C(=O)CC1Cc2ccc3c(c2)C2(c4cc(F)ccc4N[C@H]2O3)c2oc(nc2-c2nc(C#N)co2)[C@H](C(C)C)NC1=O. The number of halogens is 1. The van der Waals surface area contributed by atoms with E-state index in [1.807, 2.05) is 32.0 Å². The van der Waals surface area contributed by atoms with Crippen LogP contribution >= 0.6 is 0 Å². The zero-order chi connectivity index (χ0) is 32.5. The third-order valence-corrected chi connectivity index (χ3v) is 9.12. The molecular weight excluding hydrogens is 593 g/mol. The minimum atomic E-state index is -1.28. The van der Waals surface area contributed by atoms with E-state index in [-0.39, 0.29) is 53.6 Å². The number of aromatic nitrogens is 2. The fourth-order valence-corrected chi connectivity index (χ4v) is 6.75. The van der Waals surface area contributed by atoms with Crippen LogP contribution < -0.4 is 15.4 Å². The largest absolute Gasteiger partial charge is 0.469 e. The number of nitriles is 1. The quantitative estimate of drug-likeness (QED) is 0.272. The lowest BCUT2D eigenvalue weighted by Gasteiger charge is -2.28. The minimum Gasteiger partial charge on any atom is -0.469 e. The number of oxazole rings is 2. The third kappa shape index (κ3) is 4.48. The minimum absolute atomic E-state index is 0.0129. The number of ether oxygens (including phenoxy) is 1. The van der Waals surface area contributed by atoms with E-state index in [0.717, 1.165) is 5.56 Å². The molecule has 236 valence electrons. The summed E-state index contributed by atoms with van der Waals surface area (Å²) in [7, 11) is 0. The number of ketones is 1. The van der Waals surface area contributed by atoms with Crippen LogP contribution in [0.15, 0.2) is 51.5 Å². The summed E-state index contributed by atoms with van der Waals surface area (Å²) >= 11 is 0. The lowest BCUT2D eigenvalue weighted by Crippen LogP contribution is -2.41. The molecule has 0 fully saturated rings. The molecule has 4 bridgehead atoms. The monoisotopic (exact) mass is 625 g/mol. The second-order valence-electron chi connectivity index (χ2n) is 12.8. The van der Waals surface area contributed by atoms with Crippen LogP contribution in [0.4, 0.5) is 10.1 Å². The Kier molecular flexibility index (Phi) is 6.97. The van der Waals surface area contributed by atoms with Gasteiger partial charge in [0, 0.05) is 29.2 Å². The second-order valence-corrected chi connectivity index (χ2v) is 12.8. The molecule has 3 aliphatic rings. The van der Waals surface area contributed by atoms with E-state index in [4.69, 9.17) is 18.6 Å². The molecule has 2 unspecified atom stereocenters. The predicted molar refractivity (Wildman–Crippen MR) is 161 cm³/mol. The normalized spacial score (nSPS) is 23.4. The molecule has 0 aliphatic carbocycles. The van der Waals surface area contributed by atoms with Crippen LogP contribution in [0.2, 0.25) is 0 Å². The molecule has 5 heterocycles. The highest BCUT2D eigenvalue weighted by Gasteiger charge is 2.61. The molecule has 0 saturated carbocycles. The number of anilines is 1. The number of hydrogen-bond acceptors (Lipinski definition) is 10. The highest BCUT2D eigenvalue weighted by atomic mass is 19.1. The molecule has 3 N–H and O–H groups in total. The van der Waals surface area contributed by atoms with Gasteiger partial charge in [-0.05, 0) is 48.1 Å². The summed E-state index contributed by atoms with van der Waals surface area (Å²) < 4.78 is 33.9. The van der Waals surface area contributed by atoms with Gasteiger partial charge >= 0.3 is 0 Å². The van der Waals surface area contributed by atoms with Gasteiger partial charge in [0.15, 0.2) is 29.2 Å². The number of nitrogens with zero attached hydrogens (tertiary/aromatic N) is 3. The van der Waals surface area contributed by atoms with Gasteiger partial charge in [0.05, 0.1) is 0 Å². The molecule has 1 spiro atoms. The maximum absolute atomic E-state index is 15.1. The molecule has 7 rings (SSSR count). The number of hydrogen-bond donors (Lipinski definition) is 3. The Labute approximate surface area is 263 Å². The topological polar surface area (TPSA) is 164 Å². The number of carbonyl (C=O) groups is 2. The highest BCUT2D eigenvalue weighted by Crippen LogP contribution is 2.59. The fourth-order valence-electron chi connectivity index (χ4n) is 6.75. The van der Waals surface area contributed by atoms with Gasteiger partial charge in [-0.3, -0.25) is 9.59 Å². The van der Waals surface area contributed by atoms with Crippen LogP contribution in [0, 0.1) is 34.9 Å². The van der Waals surface area contributed by atoms with E-state index < -0.39 is 47.2 Å². The number of fused-ring (bicyclic) bond motifs is 4. The maximum atomic E-state index is 15.1. The zero-order valence-electron chi connectivity index (χ0n) is 25.6. The van der Waals surface area contributed by atoms with Crippen LogP contribution in [0.25, 0.3) is 11.6 Å². The molecule has 4 aromatic rings. The highest BCUT2D eigenvalue weighted by molar-refractivity contribution is 5.89. The molecule has 0 radical (unpaired) electrons. The number of carbonyl (C=O) groups excluding carboxylic acids is 2. The molecule has 11 nitrogen and oxygen atoms in total. The number of rotatable bonds is 6. The van der Waals surface area contributed by atoms with Gasteiger partial charge in [0.25, 0.3) is 0 Å². The van der Waals surface area contributed by atoms with Gasteiger partial charge in [-0.1, -0.05) is 39.8 Å². The smallest absolute Gasteiger partial charge is 0.250 e. The summed E-state index contributed by atoms with van der Waals surface area (Å²) in [5.74, 6) is -1.73. The first-order valence-electron chi connectivity index (χ1n) is 15.3. The van der Waals surface area contributed by atoms with E-state index in [1.54, 1.807) is 26.0 Å². The molecule has 0 saturated heterocycles. The van der Waals surface area contributed by atoms with Crippen molar-refractivity contribution in [3.05, 3.63) is 82.5 Å². The van der Waals surface area contributed by atoms with E-state index in [1.165, 1.54) is 18.4 Å². The number of aliphatic hydroxyl groups excluding tert-OH is 1. The second kappa shape index (κ2) is 10.8. The molecular formula is C34H32FN5O6. The summed E-state index contributed by atoms with van der Waals surface area (Å²) in [6.07, 6.45) is -0.770. The van der Waals surface area contributed by atoms with Gasteiger partial charge < -0.3 is 29.3 Å². The summed E-state index contributed by atoms with van der Waals surface area (Å²) in [6.45, 7) is 7.28. The van der Waals surface area contributed by atoms with Crippen LogP contribution in [-0.2, 0) is 21.4 Å². The third-order valence-electron chi connectivity index (χ3n) is 9.12. The van der Waals surface area contributed by atoms with Gasteiger partial charge in [0.2, 0.25) is 17.7 Å². The maximum Gasteiger partial charge on any atom is 0.250 e. The average Bonchev–Trinajstić information content (AvgIpc) is 3.79. The van der Waals surface area contributed by atoms with Gasteiger partial charge in [-0.25, -0.2) is 9.37 Å². The van der Waals surface area contributed by atoms with Crippen molar-refractivity contribution in [1.29, 1.82) is 5.26 Å². The molecule has 2 aromatic carbocycles. The van der Waals surface area contributed by atoms with Crippen molar-refractivity contribution < 1.29 is 32.7 Å². The predicted octanol–water partition coefficient (Wildman–Crippen LogP) is 4.78. The molecule has 1 amide bonds. The van der Waals surface area contributed by atoms with E-state index in [0.29, 0.717) is 22.6 Å². The Bertz CT molecular complexity index is 1920. The van der Waals surface area contributed by atoms with E-state index >= 15 is 4.39 Å². The first-order chi connectivity index (χ1) is 22.0. The van der Waals surface area contributed by atoms with E-state index in [9.17, 15) is 20.0 Å². The Morgan fingerprint density at radius 3 is 2.67 bits per heavy atom. The lowest BCUT2D eigenvalue weighted by molar-refractivity contribution is -0.135. The van der Waals surface area contributed by atoms with Gasteiger partial charge in [-0.2, -0.15) is 10.2 Å². The summed E-state index contributed by atoms with van der Waals surface area (Å²) in [6, 6.07) is 11.1. The molecule has 5 atom stereocenters. The van der Waals surface area contributed by atoms with E-state index in [2.05, 4.69) is 15.6 Å². The van der Waals surface area contributed by atoms with Crippen LogP contribution in [0.3, 0.4) is 0 Å². The average molecular weight is 626 g/mol. The Morgan fingerprint density at radius 1 is 1.15 bits per heavy atom. The molecule has 2 aromatic heterocycles. The Morgan fingerprint density at radius 2 is 1.96 bits per heavy atom. The first-order valence-corrected chi connectivity index (χ1v) is 15.3. The summed E-state index contributed by atoms with van der Waals surface area (Å²) in [5.41, 5.74) is 1.45. The first kappa shape index (κ1) is 29.7. The molecule has 46 heavy (non-hydrogen) atoms. The van der Waals surface area contributed by atoms with Crippen LogP contribution in [-0.4, -0.2) is 39.1 Å². The van der Waals surface area contributed by atoms with Crippen LogP contribution in [0.1, 0.15) is 74.2 Å². The van der Waals surface area contributed by atoms with Crippen molar-refractivity contribution >= 4 is 17.4 Å². The lowest BCUT2D eigenvalue weighted by atomic mass is 9.72. The molecule has 3 aliphatic heterocycles. The number of amides is 1. The zero-order valence-corrected chi connectivity index (χ0v) is 25.6. The summed E-state index contributed by atoms with van der Waals surface area (Å²) in [4.78, 5) is 36.2. The summed E-state index contributed by atoms with van der Waals surface area (Å²) in [5, 5.41) is 26.4. The van der Waals surface area contributed by atoms with Gasteiger partial charge in [-0.15, -0.1) is 0 Å². The number of benzene rings is 2. The van der Waals surface area contributed by atoms with Crippen LogP contribution in [0.5, 0.6) is 5.75 Å². The van der Waals surface area contributed by atoms with Crippen molar-refractivity contribution in [2.24, 2.45) is 17.8 Å². The van der Waals surface area contributed by atoms with Crippen molar-refractivity contribution in [1.82, 2.24) is 15.3 Å². The van der Waals surface area contributed by atoms with Crippen molar-refractivity contribution in [3.8, 4) is 23.4 Å². The van der Waals surface area contributed by atoms with Crippen molar-refractivity contribution in [2.75, 3.05) is 5.32 Å². The Hall–Kier alpha value is -5.02. The standard InChI is InChI=1S/C34H32FN5O6/c1-15(2)26-32-40-27(31-37-20(13-36)14-44-31)29(46-32)34-21-12-19(35)6-7-23(21)38-33(34)45-25-8-5-17(10-22(25)34)9-18(30(43)39-26)11-24(41)28(42)16(3)4/h5-8,10,12,14-16,18,26,28,33,38,42H,9,11H2,1-4H3,(H,39,43)/t18?,26-,28-,33-,34?/m0/s1. The van der Waals surface area contributed by atoms with Crippen molar-refractivity contribution in [2.45, 2.75) is 64.3 Å². The van der Waals surface area contributed by atoms with Gasteiger partial charge in [0.1, 0.15) is 41.5 Å². The fraction of sp³-hybridized carbons (Fsp3) is 0.382. The number of aliphatic hydroxyl groups is 1. The number of nitrogens with one attached hydrogen (secondary N) is 2.